The lowest BCUT2D eigenvalue weighted by atomic mass is 10.2. The Morgan fingerprint density at radius 3 is 2.65 bits per heavy atom. The zero-order chi connectivity index (χ0) is 19.6. The molecule has 0 bridgehead atoms. The van der Waals surface area contributed by atoms with Gasteiger partial charge in [-0.2, -0.15) is 0 Å². The standard InChI is InChI=1S/C16H21ClN2O6S/c1-4-19(11-5-6-26(23,24)8-11)15(21)10(3)25-16(22)12-7-18-9(2)13(17)14(12)20/h7,10-11H,4-6,8H2,1-3H3,(H,18,20). The van der Waals surface area contributed by atoms with E-state index in [2.05, 4.69) is 4.98 Å². The van der Waals surface area contributed by atoms with Crippen molar-refractivity contribution >= 4 is 33.3 Å². The number of likely N-dealkylation sites (N-methyl/N-ethyl adjacent to an activating group) is 1. The Labute approximate surface area is 156 Å². The van der Waals surface area contributed by atoms with Crippen LogP contribution >= 0.6 is 11.6 Å². The number of ether oxygens (including phenoxy) is 1. The Morgan fingerprint density at radius 1 is 1.46 bits per heavy atom. The fourth-order valence-corrected chi connectivity index (χ4v) is 4.76. The SMILES string of the molecule is CCN(C(=O)C(C)OC(=O)c1c[nH]c(C)c(Cl)c1=O)C1CCS(=O)(=O)C1. The van der Waals surface area contributed by atoms with Gasteiger partial charge in [-0.25, -0.2) is 13.2 Å². The number of aromatic nitrogens is 1. The highest BCUT2D eigenvalue weighted by atomic mass is 35.5. The van der Waals surface area contributed by atoms with Crippen LogP contribution in [0.2, 0.25) is 5.02 Å². The van der Waals surface area contributed by atoms with Gasteiger partial charge in [-0.15, -0.1) is 0 Å². The number of nitrogens with zero attached hydrogens (tertiary/aromatic N) is 1. The van der Waals surface area contributed by atoms with E-state index in [1.165, 1.54) is 18.0 Å². The van der Waals surface area contributed by atoms with Gasteiger partial charge in [0.1, 0.15) is 10.6 Å². The van der Waals surface area contributed by atoms with Crippen molar-refractivity contribution in [2.45, 2.75) is 39.3 Å². The summed E-state index contributed by atoms with van der Waals surface area (Å²) in [5.41, 5.74) is -0.564. The predicted octanol–water partition coefficient (Wildman–Crippen LogP) is 0.918. The normalized spacial score (nSPS) is 19.8. The zero-order valence-electron chi connectivity index (χ0n) is 14.7. The molecule has 1 fully saturated rings. The number of hydrogen-bond donors (Lipinski definition) is 1. The summed E-state index contributed by atoms with van der Waals surface area (Å²) in [5, 5.41) is -0.121. The van der Waals surface area contributed by atoms with Gasteiger partial charge in [0, 0.05) is 24.5 Å². The molecule has 0 saturated carbocycles. The average Bonchev–Trinajstić information content (AvgIpc) is 2.92. The Bertz CT molecular complexity index is 879. The van der Waals surface area contributed by atoms with Crippen molar-refractivity contribution in [3.05, 3.63) is 32.7 Å². The molecule has 10 heteroatoms. The van der Waals surface area contributed by atoms with E-state index < -0.39 is 39.3 Å². The fourth-order valence-electron chi connectivity index (χ4n) is 2.87. The summed E-state index contributed by atoms with van der Waals surface area (Å²) in [6, 6.07) is -0.434. The van der Waals surface area contributed by atoms with Crippen LogP contribution < -0.4 is 5.43 Å². The van der Waals surface area contributed by atoms with Crippen LogP contribution in [-0.2, 0) is 19.4 Å². The number of halogens is 1. The first-order chi connectivity index (χ1) is 12.1. The molecule has 1 saturated heterocycles. The zero-order valence-corrected chi connectivity index (χ0v) is 16.3. The predicted molar refractivity (Wildman–Crippen MR) is 96.1 cm³/mol. The molecule has 0 aliphatic carbocycles. The first-order valence-corrected chi connectivity index (χ1v) is 10.4. The first-order valence-electron chi connectivity index (χ1n) is 8.17. The molecule has 1 amide bonds. The molecule has 144 valence electrons. The minimum Gasteiger partial charge on any atom is -0.449 e. The molecule has 1 aliphatic rings. The molecule has 1 aromatic heterocycles. The van der Waals surface area contributed by atoms with Crippen LogP contribution in [0.15, 0.2) is 11.0 Å². The highest BCUT2D eigenvalue weighted by molar-refractivity contribution is 7.91. The van der Waals surface area contributed by atoms with Gasteiger partial charge in [-0.05, 0) is 27.2 Å². The van der Waals surface area contributed by atoms with Gasteiger partial charge < -0.3 is 14.6 Å². The van der Waals surface area contributed by atoms with E-state index in [0.717, 1.165) is 0 Å². The molecular formula is C16H21ClN2O6S. The Morgan fingerprint density at radius 2 is 2.12 bits per heavy atom. The first kappa shape index (κ1) is 20.4. The van der Waals surface area contributed by atoms with E-state index >= 15 is 0 Å². The van der Waals surface area contributed by atoms with Crippen molar-refractivity contribution in [1.29, 1.82) is 0 Å². The van der Waals surface area contributed by atoms with Crippen LogP contribution in [0.1, 0.15) is 36.3 Å². The Hall–Kier alpha value is -1.87. The molecule has 0 radical (unpaired) electrons. The maximum atomic E-state index is 12.6. The topological polar surface area (TPSA) is 114 Å². The molecule has 2 rings (SSSR count). The van der Waals surface area contributed by atoms with Crippen LogP contribution in [0.3, 0.4) is 0 Å². The number of carbonyl (C=O) groups excluding carboxylic acids is 2. The smallest absolute Gasteiger partial charge is 0.344 e. The third-order valence-corrected chi connectivity index (χ3v) is 6.54. The second-order valence-electron chi connectivity index (χ2n) is 6.20. The summed E-state index contributed by atoms with van der Waals surface area (Å²) < 4.78 is 28.4. The number of nitrogens with one attached hydrogen (secondary N) is 1. The lowest BCUT2D eigenvalue weighted by Crippen LogP contribution is -2.46. The van der Waals surface area contributed by atoms with Crippen LogP contribution in [0, 0.1) is 6.92 Å². The minimum absolute atomic E-state index is 0.0346. The van der Waals surface area contributed by atoms with E-state index in [-0.39, 0.29) is 28.6 Å². The van der Waals surface area contributed by atoms with E-state index in [1.807, 2.05) is 0 Å². The molecule has 26 heavy (non-hydrogen) atoms. The number of carbonyl (C=O) groups is 2. The van der Waals surface area contributed by atoms with Crippen molar-refractivity contribution in [2.24, 2.45) is 0 Å². The Balaban J connectivity index is 2.12. The molecule has 1 N–H and O–H groups in total. The monoisotopic (exact) mass is 404 g/mol. The van der Waals surface area contributed by atoms with Crippen LogP contribution in [0.4, 0.5) is 0 Å². The van der Waals surface area contributed by atoms with Crippen molar-refractivity contribution < 1.29 is 22.7 Å². The number of hydrogen-bond acceptors (Lipinski definition) is 6. The summed E-state index contributed by atoms with van der Waals surface area (Å²) in [6.07, 6.45) is 0.380. The van der Waals surface area contributed by atoms with E-state index in [1.54, 1.807) is 13.8 Å². The van der Waals surface area contributed by atoms with Crippen molar-refractivity contribution in [3.63, 3.8) is 0 Å². The van der Waals surface area contributed by atoms with Gasteiger partial charge in [0.25, 0.3) is 5.91 Å². The van der Waals surface area contributed by atoms with Crippen molar-refractivity contribution in [2.75, 3.05) is 18.1 Å². The van der Waals surface area contributed by atoms with Gasteiger partial charge in [-0.1, -0.05) is 11.6 Å². The van der Waals surface area contributed by atoms with Gasteiger partial charge in [0.15, 0.2) is 15.9 Å². The molecular weight excluding hydrogens is 384 g/mol. The lowest BCUT2D eigenvalue weighted by Gasteiger charge is -2.29. The number of amides is 1. The maximum absolute atomic E-state index is 12.6. The van der Waals surface area contributed by atoms with E-state index in [0.29, 0.717) is 12.1 Å². The van der Waals surface area contributed by atoms with Crippen LogP contribution in [0.25, 0.3) is 0 Å². The van der Waals surface area contributed by atoms with Gasteiger partial charge in [0.05, 0.1) is 11.5 Å². The molecule has 2 heterocycles. The number of rotatable bonds is 5. The molecule has 0 spiro atoms. The second-order valence-corrected chi connectivity index (χ2v) is 8.81. The number of aryl methyl sites for hydroxylation is 1. The van der Waals surface area contributed by atoms with Crippen molar-refractivity contribution in [3.8, 4) is 0 Å². The summed E-state index contributed by atoms with van der Waals surface area (Å²) in [5.74, 6) is -1.53. The van der Waals surface area contributed by atoms with Crippen LogP contribution in [0.5, 0.6) is 0 Å². The summed E-state index contributed by atoms with van der Waals surface area (Å²) in [4.78, 5) is 40.9. The Kier molecular flexibility index (Phi) is 6.13. The summed E-state index contributed by atoms with van der Waals surface area (Å²) in [6.45, 7) is 4.98. The molecule has 1 aromatic rings. The molecule has 2 atom stereocenters. The van der Waals surface area contributed by atoms with Crippen LogP contribution in [-0.4, -0.2) is 60.4 Å². The number of aromatic amines is 1. The minimum atomic E-state index is -3.15. The summed E-state index contributed by atoms with van der Waals surface area (Å²) in [7, 11) is -3.15. The number of sulfone groups is 1. The molecule has 8 nitrogen and oxygen atoms in total. The molecule has 0 aromatic carbocycles. The van der Waals surface area contributed by atoms with Gasteiger partial charge in [0.2, 0.25) is 5.43 Å². The lowest BCUT2D eigenvalue weighted by molar-refractivity contribution is -0.141. The van der Waals surface area contributed by atoms with Gasteiger partial charge >= 0.3 is 5.97 Å². The second kappa shape index (κ2) is 7.79. The molecule has 1 aliphatic heterocycles. The number of esters is 1. The number of pyridine rings is 1. The van der Waals surface area contributed by atoms with E-state index in [9.17, 15) is 22.8 Å². The largest absolute Gasteiger partial charge is 0.449 e. The fraction of sp³-hybridized carbons (Fsp3) is 0.562. The van der Waals surface area contributed by atoms with E-state index in [4.69, 9.17) is 16.3 Å². The average molecular weight is 405 g/mol. The van der Waals surface area contributed by atoms with Crippen molar-refractivity contribution in [1.82, 2.24) is 9.88 Å². The number of H-pyrrole nitrogens is 1. The third-order valence-electron chi connectivity index (χ3n) is 4.33. The maximum Gasteiger partial charge on any atom is 0.344 e. The quantitative estimate of drug-likeness (QED) is 0.730. The highest BCUT2D eigenvalue weighted by Gasteiger charge is 2.36. The third kappa shape index (κ3) is 4.27. The van der Waals surface area contributed by atoms with Gasteiger partial charge in [-0.3, -0.25) is 9.59 Å². The summed E-state index contributed by atoms with van der Waals surface area (Å²) >= 11 is 5.83. The highest BCUT2D eigenvalue weighted by Crippen LogP contribution is 2.19. The molecule has 2 unspecified atom stereocenters.